The van der Waals surface area contributed by atoms with Crippen molar-refractivity contribution in [3.05, 3.63) is 0 Å². The number of rotatable bonds is 86. The summed E-state index contributed by atoms with van der Waals surface area (Å²) in [6.07, 6.45) is 74.0. The van der Waals surface area contributed by atoms with Crippen LogP contribution in [0.1, 0.15) is 464 Å². The minimum Gasteiger partial charge on any atom is -0.462 e. The Kier molecular flexibility index (Phi) is 77.7. The van der Waals surface area contributed by atoms with Gasteiger partial charge < -0.3 is 33.8 Å². The molecule has 0 aliphatic heterocycles. The van der Waals surface area contributed by atoms with Crippen molar-refractivity contribution in [1.82, 2.24) is 0 Å². The molecule has 0 rings (SSSR count). The van der Waals surface area contributed by atoms with Crippen LogP contribution < -0.4 is 0 Å². The van der Waals surface area contributed by atoms with Gasteiger partial charge in [-0.15, -0.1) is 0 Å². The fourth-order valence-corrected chi connectivity index (χ4v) is 14.9. The molecule has 3 N–H and O–H groups in total. The summed E-state index contributed by atoms with van der Waals surface area (Å²) in [6.45, 7) is 4.99. The van der Waals surface area contributed by atoms with E-state index in [1.165, 1.54) is 283 Å². The molecule has 0 spiro atoms. The lowest BCUT2D eigenvalue weighted by atomic mass is 10.0. The fourth-order valence-electron chi connectivity index (χ4n) is 13.3. The Morgan fingerprint density at radius 2 is 0.385 bits per heavy atom. The number of aliphatic hydroxyl groups excluding tert-OH is 1. The first kappa shape index (κ1) is 102. The van der Waals surface area contributed by atoms with Crippen molar-refractivity contribution in [1.29, 1.82) is 0 Å². The van der Waals surface area contributed by atoms with Crippen LogP contribution in [0.5, 0.6) is 0 Å². The zero-order valence-corrected chi connectivity index (χ0v) is 69.8. The van der Waals surface area contributed by atoms with Crippen LogP contribution in [0, 0.1) is 0 Å². The molecule has 0 amide bonds. The average Bonchev–Trinajstić information content (AvgIpc) is 0.929. The molecule has 5 atom stereocenters. The summed E-state index contributed by atoms with van der Waals surface area (Å²) in [5, 5.41) is 10.6. The maximum Gasteiger partial charge on any atom is 0.472 e. The highest BCUT2D eigenvalue weighted by Crippen LogP contribution is 2.45. The topological polar surface area (TPSA) is 237 Å². The first-order valence-electron chi connectivity index (χ1n) is 44.3. The minimum atomic E-state index is -4.96. The Morgan fingerprint density at radius 3 is 0.567 bits per heavy atom. The van der Waals surface area contributed by atoms with E-state index in [-0.39, 0.29) is 25.7 Å². The van der Waals surface area contributed by atoms with Crippen LogP contribution in [0.2, 0.25) is 0 Å². The molecule has 0 heterocycles. The molecule has 0 radical (unpaired) electrons. The molecule has 17 nitrogen and oxygen atoms in total. The smallest absolute Gasteiger partial charge is 0.462 e. The molecule has 2 unspecified atom stereocenters. The van der Waals surface area contributed by atoms with Gasteiger partial charge >= 0.3 is 39.5 Å². The zero-order valence-electron chi connectivity index (χ0n) is 68.0. The molecule has 0 fully saturated rings. The van der Waals surface area contributed by atoms with E-state index in [9.17, 15) is 43.2 Å². The van der Waals surface area contributed by atoms with Crippen molar-refractivity contribution >= 4 is 39.5 Å². The maximum atomic E-state index is 13.1. The molecule has 0 aliphatic rings. The molecule has 0 aromatic carbocycles. The molecular weight excluding hydrogens is 1350 g/mol. The second-order valence-electron chi connectivity index (χ2n) is 30.6. The lowest BCUT2D eigenvalue weighted by Crippen LogP contribution is -2.30. The highest BCUT2D eigenvalue weighted by atomic mass is 31.2. The third-order valence-corrected chi connectivity index (χ3v) is 22.0. The largest absolute Gasteiger partial charge is 0.472 e. The number of esters is 4. The second kappa shape index (κ2) is 79.2. The molecule has 0 saturated heterocycles. The summed E-state index contributed by atoms with van der Waals surface area (Å²) >= 11 is 0. The summed E-state index contributed by atoms with van der Waals surface area (Å²) in [5.74, 6) is -2.11. The van der Waals surface area contributed by atoms with E-state index < -0.39 is 97.5 Å². The number of hydrogen-bond donors (Lipinski definition) is 3. The molecule has 19 heteroatoms. The van der Waals surface area contributed by atoms with Gasteiger partial charge in [0, 0.05) is 25.7 Å². The molecule has 0 aromatic rings. The van der Waals surface area contributed by atoms with E-state index in [1.807, 2.05) is 0 Å². The van der Waals surface area contributed by atoms with Crippen LogP contribution in [-0.4, -0.2) is 96.7 Å². The maximum absolute atomic E-state index is 13.1. The van der Waals surface area contributed by atoms with Gasteiger partial charge in [-0.3, -0.25) is 37.3 Å². The standard InChI is InChI=1S/C85H166O17P2/c1-5-9-13-17-21-24-27-30-32-34-36-38-40-42-44-46-49-51-54-58-62-66-70-83(88)96-76-81(102-85(90)72-68-64-60-56-53-50-47-45-43-41-39-37-35-33-31-28-25-22-18-14-10-6-2)78-100-104(93,94)98-74-79(86)73-97-103(91,92)99-77-80(75-95-82(87)69-65-61-57-20-16-12-8-4)101-84(89)71-67-63-59-55-52-48-29-26-23-19-15-11-7-3/h79-81,86H,5-78H2,1-4H3,(H,91,92)(H,93,94)/t79-,80+,81+/m0/s1. The summed E-state index contributed by atoms with van der Waals surface area (Å²) < 4.78 is 68.7. The normalized spacial score (nSPS) is 13.7. The van der Waals surface area contributed by atoms with Crippen LogP contribution in [0.4, 0.5) is 0 Å². The van der Waals surface area contributed by atoms with E-state index >= 15 is 0 Å². The number of carbonyl (C=O) groups excluding carboxylic acids is 4. The first-order chi connectivity index (χ1) is 50.7. The van der Waals surface area contributed by atoms with Crippen molar-refractivity contribution < 1.29 is 80.2 Å². The Bertz CT molecular complexity index is 1960. The molecule has 0 bridgehead atoms. The van der Waals surface area contributed by atoms with Crippen LogP contribution >= 0.6 is 15.6 Å². The third kappa shape index (κ3) is 78.2. The number of unbranched alkanes of at least 4 members (excludes halogenated alkanes) is 60. The molecule has 0 aliphatic carbocycles. The molecular formula is C85H166O17P2. The summed E-state index contributed by atoms with van der Waals surface area (Å²) in [5.41, 5.74) is 0. The number of aliphatic hydroxyl groups is 1. The van der Waals surface area contributed by atoms with Gasteiger partial charge in [0.25, 0.3) is 0 Å². The van der Waals surface area contributed by atoms with Gasteiger partial charge in [-0.2, -0.15) is 0 Å². The van der Waals surface area contributed by atoms with E-state index in [4.69, 9.17) is 37.0 Å². The van der Waals surface area contributed by atoms with Gasteiger partial charge in [-0.05, 0) is 25.7 Å². The van der Waals surface area contributed by atoms with Gasteiger partial charge in [0.2, 0.25) is 0 Å². The number of hydrogen-bond acceptors (Lipinski definition) is 15. The number of carbonyl (C=O) groups is 4. The summed E-state index contributed by atoms with van der Waals surface area (Å²) in [7, 11) is -9.92. The van der Waals surface area contributed by atoms with E-state index in [1.54, 1.807) is 0 Å². The van der Waals surface area contributed by atoms with Gasteiger partial charge in [0.05, 0.1) is 26.4 Å². The Morgan fingerprint density at radius 1 is 0.231 bits per heavy atom. The van der Waals surface area contributed by atoms with Crippen molar-refractivity contribution in [3.63, 3.8) is 0 Å². The predicted octanol–water partition coefficient (Wildman–Crippen LogP) is 26.1. The van der Waals surface area contributed by atoms with Crippen molar-refractivity contribution in [3.8, 4) is 0 Å². The van der Waals surface area contributed by atoms with Crippen LogP contribution in [0.25, 0.3) is 0 Å². The average molecular weight is 1520 g/mol. The van der Waals surface area contributed by atoms with Crippen molar-refractivity contribution in [2.45, 2.75) is 483 Å². The highest BCUT2D eigenvalue weighted by molar-refractivity contribution is 7.47. The monoisotopic (exact) mass is 1520 g/mol. The van der Waals surface area contributed by atoms with Crippen LogP contribution in [-0.2, 0) is 65.4 Å². The highest BCUT2D eigenvalue weighted by Gasteiger charge is 2.30. The van der Waals surface area contributed by atoms with Gasteiger partial charge in [0.15, 0.2) is 12.2 Å². The lowest BCUT2D eigenvalue weighted by molar-refractivity contribution is -0.161. The van der Waals surface area contributed by atoms with Crippen molar-refractivity contribution in [2.75, 3.05) is 39.6 Å². The van der Waals surface area contributed by atoms with Gasteiger partial charge in [0.1, 0.15) is 19.3 Å². The minimum absolute atomic E-state index is 0.108. The van der Waals surface area contributed by atoms with E-state index in [0.717, 1.165) is 103 Å². The van der Waals surface area contributed by atoms with Crippen LogP contribution in [0.15, 0.2) is 0 Å². The predicted molar refractivity (Wildman–Crippen MR) is 428 cm³/mol. The quantitative estimate of drug-likeness (QED) is 0.0222. The SMILES string of the molecule is CCCCCCCCCCCCCCCCCCCCCCCCC(=O)OC[C@H](COP(=O)(O)OC[C@@H](O)COP(=O)(O)OC[C@@H](COC(=O)CCCCCCCCC)OC(=O)CCCCCCCCCCCCCCC)OC(=O)CCCCCCCCCCCCCCCCCCCCCCCC. The Hall–Kier alpha value is -1.94. The number of phosphoric ester groups is 2. The first-order valence-corrected chi connectivity index (χ1v) is 47.3. The molecule has 618 valence electrons. The number of ether oxygens (including phenoxy) is 4. The summed E-state index contributed by atoms with van der Waals surface area (Å²) in [4.78, 5) is 73.0. The van der Waals surface area contributed by atoms with Gasteiger partial charge in [-0.25, -0.2) is 9.13 Å². The third-order valence-electron chi connectivity index (χ3n) is 20.1. The van der Waals surface area contributed by atoms with Crippen molar-refractivity contribution in [2.24, 2.45) is 0 Å². The van der Waals surface area contributed by atoms with E-state index in [2.05, 4.69) is 27.7 Å². The Labute approximate surface area is 638 Å². The van der Waals surface area contributed by atoms with Gasteiger partial charge in [-0.1, -0.05) is 413 Å². The number of phosphoric acid groups is 2. The van der Waals surface area contributed by atoms with Crippen LogP contribution in [0.3, 0.4) is 0 Å². The Balaban J connectivity index is 5.13. The lowest BCUT2D eigenvalue weighted by Gasteiger charge is -2.21. The molecule has 0 saturated carbocycles. The summed E-state index contributed by atoms with van der Waals surface area (Å²) in [6, 6.07) is 0. The fraction of sp³-hybridized carbons (Fsp3) is 0.953. The van der Waals surface area contributed by atoms with E-state index in [0.29, 0.717) is 25.7 Å². The molecule has 0 aromatic heterocycles. The second-order valence-corrected chi connectivity index (χ2v) is 33.5. The zero-order chi connectivity index (χ0) is 76.0. The molecule has 104 heavy (non-hydrogen) atoms.